The quantitative estimate of drug-likeness (QED) is 0.692. The lowest BCUT2D eigenvalue weighted by Crippen LogP contribution is -2.49. The van der Waals surface area contributed by atoms with E-state index in [0.717, 1.165) is 39.1 Å². The third-order valence-electron chi connectivity index (χ3n) is 3.70. The zero-order valence-corrected chi connectivity index (χ0v) is 9.58. The average molecular weight is 211 g/mol. The van der Waals surface area contributed by atoms with E-state index in [9.17, 15) is 4.79 Å². The third-order valence-corrected chi connectivity index (χ3v) is 3.70. The molecule has 0 amide bonds. The van der Waals surface area contributed by atoms with Crippen LogP contribution in [-0.4, -0.2) is 43.0 Å². The summed E-state index contributed by atoms with van der Waals surface area (Å²) in [5.74, 6) is 0.742. The highest BCUT2D eigenvalue weighted by molar-refractivity contribution is 5.82. The van der Waals surface area contributed by atoms with Gasteiger partial charge < -0.3 is 4.74 Å². The predicted octanol–water partition coefficient (Wildman–Crippen LogP) is 1.47. The molecule has 3 heteroatoms. The molecule has 2 atom stereocenters. The molecule has 2 heterocycles. The number of ketones is 1. The molecule has 0 radical (unpaired) electrons. The van der Waals surface area contributed by atoms with Gasteiger partial charge in [0.1, 0.15) is 5.78 Å². The van der Waals surface area contributed by atoms with Crippen molar-refractivity contribution in [3.05, 3.63) is 0 Å². The van der Waals surface area contributed by atoms with Crippen LogP contribution < -0.4 is 0 Å². The highest BCUT2D eigenvalue weighted by atomic mass is 16.5. The normalized spacial score (nSPS) is 34.3. The molecule has 0 aliphatic carbocycles. The minimum atomic E-state index is 0.278. The highest BCUT2D eigenvalue weighted by Crippen LogP contribution is 2.21. The van der Waals surface area contributed by atoms with Gasteiger partial charge in [-0.05, 0) is 19.3 Å². The molecule has 15 heavy (non-hydrogen) atoms. The van der Waals surface area contributed by atoms with Crippen molar-refractivity contribution >= 4 is 5.78 Å². The van der Waals surface area contributed by atoms with Crippen LogP contribution >= 0.6 is 0 Å². The van der Waals surface area contributed by atoms with Gasteiger partial charge in [-0.15, -0.1) is 0 Å². The molecule has 0 aromatic rings. The number of carbonyl (C=O) groups excluding carboxylic acids is 1. The van der Waals surface area contributed by atoms with Crippen molar-refractivity contribution in [1.82, 2.24) is 4.90 Å². The molecule has 2 rings (SSSR count). The van der Waals surface area contributed by atoms with Crippen LogP contribution in [0.15, 0.2) is 0 Å². The second-order valence-corrected chi connectivity index (χ2v) is 4.69. The molecule has 0 N–H and O–H groups in total. The van der Waals surface area contributed by atoms with Crippen molar-refractivity contribution in [2.24, 2.45) is 5.92 Å². The van der Waals surface area contributed by atoms with Crippen molar-refractivity contribution in [3.63, 3.8) is 0 Å². The second kappa shape index (κ2) is 5.08. The molecule has 2 saturated heterocycles. The Hall–Kier alpha value is -0.410. The fraction of sp³-hybridized carbons (Fsp3) is 0.917. The molecule has 0 aromatic heterocycles. The Morgan fingerprint density at radius 1 is 1.53 bits per heavy atom. The standard InChI is InChI=1S/C12H21NO2/c1-2-10-8-13(6-5-12(10)14)11-4-3-7-15-9-11/h10-11H,2-9H2,1H3. The van der Waals surface area contributed by atoms with Crippen molar-refractivity contribution in [1.29, 1.82) is 0 Å². The first-order valence-corrected chi connectivity index (χ1v) is 6.15. The lowest BCUT2D eigenvalue weighted by atomic mass is 9.92. The SMILES string of the molecule is CCC1CN(C2CCCOC2)CCC1=O. The summed E-state index contributed by atoms with van der Waals surface area (Å²) in [5, 5.41) is 0. The van der Waals surface area contributed by atoms with Crippen molar-refractivity contribution < 1.29 is 9.53 Å². The van der Waals surface area contributed by atoms with Gasteiger partial charge in [0.25, 0.3) is 0 Å². The number of carbonyl (C=O) groups is 1. The summed E-state index contributed by atoms with van der Waals surface area (Å²) in [6.07, 6.45) is 4.15. The smallest absolute Gasteiger partial charge is 0.138 e. The van der Waals surface area contributed by atoms with E-state index in [1.807, 2.05) is 0 Å². The van der Waals surface area contributed by atoms with E-state index < -0.39 is 0 Å². The Kier molecular flexibility index (Phi) is 3.76. The molecule has 0 aromatic carbocycles. The van der Waals surface area contributed by atoms with Gasteiger partial charge in [-0.2, -0.15) is 0 Å². The summed E-state index contributed by atoms with van der Waals surface area (Å²) in [6, 6.07) is 0.570. The van der Waals surface area contributed by atoms with Gasteiger partial charge >= 0.3 is 0 Å². The van der Waals surface area contributed by atoms with Crippen LogP contribution in [0.4, 0.5) is 0 Å². The number of nitrogens with zero attached hydrogens (tertiary/aromatic N) is 1. The fourth-order valence-electron chi connectivity index (χ4n) is 2.63. The fourth-order valence-corrected chi connectivity index (χ4v) is 2.63. The van der Waals surface area contributed by atoms with Crippen LogP contribution in [0, 0.1) is 5.92 Å². The van der Waals surface area contributed by atoms with Crippen LogP contribution in [0.5, 0.6) is 0 Å². The number of hydrogen-bond donors (Lipinski definition) is 0. The average Bonchev–Trinajstić information content (AvgIpc) is 2.31. The van der Waals surface area contributed by atoms with E-state index in [1.165, 1.54) is 12.8 Å². The van der Waals surface area contributed by atoms with Gasteiger partial charge in [-0.25, -0.2) is 0 Å². The molecule has 0 saturated carbocycles. The number of piperidine rings is 1. The summed E-state index contributed by atoms with van der Waals surface area (Å²) >= 11 is 0. The van der Waals surface area contributed by atoms with E-state index >= 15 is 0 Å². The van der Waals surface area contributed by atoms with Gasteiger partial charge in [0, 0.05) is 38.1 Å². The first kappa shape index (κ1) is 11.1. The Balaban J connectivity index is 1.89. The Morgan fingerprint density at radius 2 is 2.40 bits per heavy atom. The van der Waals surface area contributed by atoms with E-state index in [2.05, 4.69) is 11.8 Å². The van der Waals surface area contributed by atoms with Crippen LogP contribution in [0.1, 0.15) is 32.6 Å². The number of hydrogen-bond acceptors (Lipinski definition) is 3. The molecule has 2 aliphatic heterocycles. The molecule has 2 unspecified atom stereocenters. The van der Waals surface area contributed by atoms with Gasteiger partial charge in [0.15, 0.2) is 0 Å². The highest BCUT2D eigenvalue weighted by Gasteiger charge is 2.30. The Bertz CT molecular complexity index is 224. The molecule has 2 aliphatic rings. The Morgan fingerprint density at radius 3 is 3.07 bits per heavy atom. The summed E-state index contributed by atoms with van der Waals surface area (Å²) in [6.45, 7) is 5.81. The van der Waals surface area contributed by atoms with Gasteiger partial charge in [0.05, 0.1) is 6.61 Å². The number of rotatable bonds is 2. The summed E-state index contributed by atoms with van der Waals surface area (Å²) in [5.41, 5.74) is 0. The topological polar surface area (TPSA) is 29.5 Å². The minimum absolute atomic E-state index is 0.278. The van der Waals surface area contributed by atoms with Crippen LogP contribution in [0.3, 0.4) is 0 Å². The van der Waals surface area contributed by atoms with Gasteiger partial charge in [-0.3, -0.25) is 9.69 Å². The molecule has 0 spiro atoms. The van der Waals surface area contributed by atoms with Gasteiger partial charge in [-0.1, -0.05) is 6.92 Å². The van der Waals surface area contributed by atoms with E-state index in [1.54, 1.807) is 0 Å². The molecule has 86 valence electrons. The number of Topliss-reactive ketones (excluding diaryl/α,β-unsaturated/α-hetero) is 1. The number of ether oxygens (including phenoxy) is 1. The van der Waals surface area contributed by atoms with Crippen LogP contribution in [-0.2, 0) is 9.53 Å². The lowest BCUT2D eigenvalue weighted by Gasteiger charge is -2.38. The maximum atomic E-state index is 11.6. The first-order valence-electron chi connectivity index (χ1n) is 6.15. The maximum Gasteiger partial charge on any atom is 0.138 e. The molecule has 3 nitrogen and oxygen atoms in total. The van der Waals surface area contributed by atoms with Crippen LogP contribution in [0.2, 0.25) is 0 Å². The summed E-state index contributed by atoms with van der Waals surface area (Å²) in [4.78, 5) is 14.1. The van der Waals surface area contributed by atoms with Crippen molar-refractivity contribution in [2.75, 3.05) is 26.3 Å². The largest absolute Gasteiger partial charge is 0.380 e. The Labute approximate surface area is 91.8 Å². The lowest BCUT2D eigenvalue weighted by molar-refractivity contribution is -0.127. The molecular weight excluding hydrogens is 190 g/mol. The molecular formula is C12H21NO2. The van der Waals surface area contributed by atoms with Crippen molar-refractivity contribution in [2.45, 2.75) is 38.6 Å². The molecule has 2 fully saturated rings. The number of likely N-dealkylation sites (tertiary alicyclic amines) is 1. The zero-order valence-electron chi connectivity index (χ0n) is 9.58. The van der Waals surface area contributed by atoms with E-state index in [-0.39, 0.29) is 5.92 Å². The minimum Gasteiger partial charge on any atom is -0.380 e. The monoisotopic (exact) mass is 211 g/mol. The third kappa shape index (κ3) is 2.58. The van der Waals surface area contributed by atoms with Crippen molar-refractivity contribution in [3.8, 4) is 0 Å². The summed E-state index contributed by atoms with van der Waals surface area (Å²) < 4.78 is 5.50. The maximum absolute atomic E-state index is 11.6. The summed E-state index contributed by atoms with van der Waals surface area (Å²) in [7, 11) is 0. The predicted molar refractivity (Wildman–Crippen MR) is 58.8 cm³/mol. The first-order chi connectivity index (χ1) is 7.31. The van der Waals surface area contributed by atoms with Gasteiger partial charge in [0.2, 0.25) is 0 Å². The molecule has 0 bridgehead atoms. The van der Waals surface area contributed by atoms with E-state index in [4.69, 9.17) is 4.74 Å². The van der Waals surface area contributed by atoms with E-state index in [0.29, 0.717) is 11.8 Å². The zero-order chi connectivity index (χ0) is 10.7. The van der Waals surface area contributed by atoms with Crippen LogP contribution in [0.25, 0.3) is 0 Å². The second-order valence-electron chi connectivity index (χ2n) is 4.69.